The van der Waals surface area contributed by atoms with Gasteiger partial charge in [-0.05, 0) is 30.5 Å². The summed E-state index contributed by atoms with van der Waals surface area (Å²) in [6, 6.07) is 8.19. The standard InChI is InChI=1S/C17H22N4O3/c1-3-5-11(2)14-9-15(21-20-14)19-16(22)10-24-13-7-4-6-12(8-13)17(18)23/h4,6-9,11H,3,5,10H2,1-2H3,(H2,18,23)(H2,19,20,21,22). The highest BCUT2D eigenvalue weighted by molar-refractivity contribution is 5.93. The van der Waals surface area contributed by atoms with Crippen molar-refractivity contribution in [3.63, 3.8) is 0 Å². The number of aromatic nitrogens is 2. The molecule has 2 rings (SSSR count). The number of benzene rings is 1. The Bertz CT molecular complexity index is 711. The van der Waals surface area contributed by atoms with Gasteiger partial charge >= 0.3 is 0 Å². The van der Waals surface area contributed by atoms with Crippen LogP contribution < -0.4 is 15.8 Å². The molecule has 0 fully saturated rings. The summed E-state index contributed by atoms with van der Waals surface area (Å²) in [6.45, 7) is 4.05. The Morgan fingerprint density at radius 1 is 1.38 bits per heavy atom. The van der Waals surface area contributed by atoms with Crippen LogP contribution >= 0.6 is 0 Å². The van der Waals surface area contributed by atoms with E-state index in [2.05, 4.69) is 29.4 Å². The first kappa shape index (κ1) is 17.5. The van der Waals surface area contributed by atoms with Gasteiger partial charge in [-0.1, -0.05) is 26.3 Å². The predicted octanol–water partition coefficient (Wildman–Crippen LogP) is 2.43. The first-order chi connectivity index (χ1) is 11.5. The average Bonchev–Trinajstić information content (AvgIpc) is 3.02. The molecule has 1 unspecified atom stereocenters. The Labute approximate surface area is 140 Å². The Morgan fingerprint density at radius 2 is 2.17 bits per heavy atom. The Morgan fingerprint density at radius 3 is 2.88 bits per heavy atom. The number of primary amides is 1. The van der Waals surface area contributed by atoms with Crippen LogP contribution in [0.3, 0.4) is 0 Å². The number of nitrogens with zero attached hydrogens (tertiary/aromatic N) is 1. The number of anilines is 1. The van der Waals surface area contributed by atoms with Crippen molar-refractivity contribution in [2.24, 2.45) is 5.73 Å². The van der Waals surface area contributed by atoms with Gasteiger partial charge in [0.05, 0.1) is 0 Å². The molecule has 7 heteroatoms. The second-order valence-electron chi connectivity index (χ2n) is 5.63. The van der Waals surface area contributed by atoms with Gasteiger partial charge in [0.15, 0.2) is 12.4 Å². The topological polar surface area (TPSA) is 110 Å². The van der Waals surface area contributed by atoms with Gasteiger partial charge in [-0.15, -0.1) is 0 Å². The monoisotopic (exact) mass is 330 g/mol. The largest absolute Gasteiger partial charge is 0.484 e. The first-order valence-corrected chi connectivity index (χ1v) is 7.87. The third kappa shape index (κ3) is 4.84. The molecular formula is C17H22N4O3. The number of carbonyl (C=O) groups excluding carboxylic acids is 2. The normalized spacial score (nSPS) is 11.8. The molecule has 0 aliphatic carbocycles. The molecule has 24 heavy (non-hydrogen) atoms. The van der Waals surface area contributed by atoms with E-state index in [1.165, 1.54) is 6.07 Å². The number of nitrogens with two attached hydrogens (primary N) is 1. The van der Waals surface area contributed by atoms with Crippen LogP contribution in [0.2, 0.25) is 0 Å². The minimum absolute atomic E-state index is 0.186. The fourth-order valence-electron chi connectivity index (χ4n) is 2.31. The molecule has 0 spiro atoms. The van der Waals surface area contributed by atoms with E-state index in [1.807, 2.05) is 6.07 Å². The maximum atomic E-state index is 11.9. The van der Waals surface area contributed by atoms with Crippen molar-refractivity contribution in [2.45, 2.75) is 32.6 Å². The van der Waals surface area contributed by atoms with Gasteiger partial charge in [0, 0.05) is 17.3 Å². The van der Waals surface area contributed by atoms with E-state index in [4.69, 9.17) is 10.5 Å². The molecular weight excluding hydrogens is 308 g/mol. The lowest BCUT2D eigenvalue weighted by molar-refractivity contribution is -0.118. The maximum Gasteiger partial charge on any atom is 0.263 e. The van der Waals surface area contributed by atoms with Crippen molar-refractivity contribution in [2.75, 3.05) is 11.9 Å². The Kier molecular flexibility index (Phi) is 5.95. The average molecular weight is 330 g/mol. The molecule has 4 N–H and O–H groups in total. The number of rotatable bonds is 8. The van der Waals surface area contributed by atoms with Gasteiger partial charge in [0.1, 0.15) is 5.75 Å². The van der Waals surface area contributed by atoms with Crippen LogP contribution in [-0.2, 0) is 4.79 Å². The maximum absolute atomic E-state index is 11.9. The minimum Gasteiger partial charge on any atom is -0.484 e. The SMILES string of the molecule is CCCC(C)c1cc(NC(=O)COc2cccc(C(N)=O)c2)n[nH]1. The fourth-order valence-corrected chi connectivity index (χ4v) is 2.31. The van der Waals surface area contributed by atoms with Crippen LogP contribution in [0.15, 0.2) is 30.3 Å². The molecule has 1 aromatic heterocycles. The highest BCUT2D eigenvalue weighted by atomic mass is 16.5. The van der Waals surface area contributed by atoms with E-state index in [0.717, 1.165) is 18.5 Å². The number of hydrogen-bond acceptors (Lipinski definition) is 4. The highest BCUT2D eigenvalue weighted by Gasteiger charge is 2.11. The van der Waals surface area contributed by atoms with E-state index >= 15 is 0 Å². The molecule has 0 saturated heterocycles. The van der Waals surface area contributed by atoms with E-state index in [1.54, 1.807) is 18.2 Å². The summed E-state index contributed by atoms with van der Waals surface area (Å²) in [7, 11) is 0. The summed E-state index contributed by atoms with van der Waals surface area (Å²) in [4.78, 5) is 23.0. The van der Waals surface area contributed by atoms with Crippen LogP contribution in [0.4, 0.5) is 5.82 Å². The molecule has 7 nitrogen and oxygen atoms in total. The summed E-state index contributed by atoms with van der Waals surface area (Å²) in [5, 5.41) is 9.68. The number of nitrogens with one attached hydrogen (secondary N) is 2. The van der Waals surface area contributed by atoms with Gasteiger partial charge in [0.2, 0.25) is 5.91 Å². The quantitative estimate of drug-likeness (QED) is 0.690. The zero-order valence-corrected chi connectivity index (χ0v) is 13.8. The lowest BCUT2D eigenvalue weighted by atomic mass is 10.0. The third-order valence-electron chi connectivity index (χ3n) is 3.61. The second-order valence-corrected chi connectivity index (χ2v) is 5.63. The number of aromatic amines is 1. The van der Waals surface area contributed by atoms with Crippen LogP contribution in [-0.4, -0.2) is 28.6 Å². The smallest absolute Gasteiger partial charge is 0.263 e. The van der Waals surface area contributed by atoms with E-state index < -0.39 is 5.91 Å². The number of ether oxygens (including phenoxy) is 1. The molecule has 128 valence electrons. The number of hydrogen-bond donors (Lipinski definition) is 3. The minimum atomic E-state index is -0.546. The number of amides is 2. The van der Waals surface area contributed by atoms with Gasteiger partial charge in [0.25, 0.3) is 5.91 Å². The molecule has 2 aromatic rings. The van der Waals surface area contributed by atoms with Crippen LogP contribution in [0.1, 0.15) is 48.7 Å². The number of carbonyl (C=O) groups is 2. The zero-order valence-electron chi connectivity index (χ0n) is 13.8. The predicted molar refractivity (Wildman–Crippen MR) is 91.0 cm³/mol. The van der Waals surface area contributed by atoms with Crippen molar-refractivity contribution in [3.05, 3.63) is 41.6 Å². The van der Waals surface area contributed by atoms with Crippen molar-refractivity contribution < 1.29 is 14.3 Å². The van der Waals surface area contributed by atoms with Crippen molar-refractivity contribution in [1.29, 1.82) is 0 Å². The third-order valence-corrected chi connectivity index (χ3v) is 3.61. The molecule has 0 radical (unpaired) electrons. The van der Waals surface area contributed by atoms with E-state index in [-0.39, 0.29) is 12.5 Å². The van der Waals surface area contributed by atoms with Crippen LogP contribution in [0.25, 0.3) is 0 Å². The van der Waals surface area contributed by atoms with Crippen molar-refractivity contribution in [1.82, 2.24) is 10.2 Å². The van der Waals surface area contributed by atoms with E-state index in [9.17, 15) is 9.59 Å². The first-order valence-electron chi connectivity index (χ1n) is 7.87. The van der Waals surface area contributed by atoms with E-state index in [0.29, 0.717) is 23.0 Å². The van der Waals surface area contributed by atoms with Gasteiger partial charge in [-0.25, -0.2) is 0 Å². The summed E-state index contributed by atoms with van der Waals surface area (Å²) < 4.78 is 5.37. The zero-order chi connectivity index (χ0) is 17.5. The number of H-pyrrole nitrogens is 1. The molecule has 0 aliphatic rings. The summed E-state index contributed by atoms with van der Waals surface area (Å²) >= 11 is 0. The molecule has 0 aliphatic heterocycles. The molecule has 0 saturated carbocycles. The molecule has 0 bridgehead atoms. The molecule has 2 amide bonds. The fraction of sp³-hybridized carbons (Fsp3) is 0.353. The van der Waals surface area contributed by atoms with Crippen LogP contribution in [0.5, 0.6) is 5.75 Å². The summed E-state index contributed by atoms with van der Waals surface area (Å²) in [5.41, 5.74) is 6.52. The lowest BCUT2D eigenvalue weighted by Crippen LogP contribution is -2.20. The van der Waals surface area contributed by atoms with Gasteiger partial charge < -0.3 is 15.8 Å². The Hall–Kier alpha value is -2.83. The van der Waals surface area contributed by atoms with Crippen molar-refractivity contribution >= 4 is 17.6 Å². The molecule has 1 atom stereocenters. The van der Waals surface area contributed by atoms with Gasteiger partial charge in [-0.3, -0.25) is 14.7 Å². The van der Waals surface area contributed by atoms with Crippen LogP contribution in [0, 0.1) is 0 Å². The highest BCUT2D eigenvalue weighted by Crippen LogP contribution is 2.20. The summed E-state index contributed by atoms with van der Waals surface area (Å²) in [6.07, 6.45) is 2.13. The molecule has 1 aromatic carbocycles. The molecule has 1 heterocycles. The lowest BCUT2D eigenvalue weighted by Gasteiger charge is -2.07. The Balaban J connectivity index is 1.87. The van der Waals surface area contributed by atoms with Crippen molar-refractivity contribution in [3.8, 4) is 5.75 Å². The second kappa shape index (κ2) is 8.14. The van der Waals surface area contributed by atoms with Gasteiger partial charge in [-0.2, -0.15) is 5.10 Å². The summed E-state index contributed by atoms with van der Waals surface area (Å²) in [5.74, 6) is 0.352.